The maximum absolute atomic E-state index is 13.5. The van der Waals surface area contributed by atoms with E-state index in [9.17, 15) is 22.7 Å². The molecule has 1 amide bonds. The highest BCUT2D eigenvalue weighted by molar-refractivity contribution is 7.95. The summed E-state index contributed by atoms with van der Waals surface area (Å²) in [5.41, 5.74) is 1.65. The molecule has 152 valence electrons. The highest BCUT2D eigenvalue weighted by atomic mass is 32.2. The van der Waals surface area contributed by atoms with Crippen LogP contribution in [0.2, 0.25) is 0 Å². The molecule has 3 aromatic rings. The van der Waals surface area contributed by atoms with E-state index in [4.69, 9.17) is 0 Å². The molecule has 3 aromatic carbocycles. The second-order valence-corrected chi connectivity index (χ2v) is 8.91. The zero-order valence-electron chi connectivity index (χ0n) is 16.0. The van der Waals surface area contributed by atoms with E-state index in [1.165, 1.54) is 41.3 Å². The Morgan fingerprint density at radius 2 is 1.50 bits per heavy atom. The fourth-order valence-electron chi connectivity index (χ4n) is 3.50. The summed E-state index contributed by atoms with van der Waals surface area (Å²) in [6.45, 7) is 1.82. The number of benzene rings is 3. The van der Waals surface area contributed by atoms with E-state index in [0.29, 0.717) is 11.3 Å². The van der Waals surface area contributed by atoms with Crippen LogP contribution in [0.15, 0.2) is 94.4 Å². The van der Waals surface area contributed by atoms with Gasteiger partial charge in [-0.2, -0.15) is 0 Å². The summed E-state index contributed by atoms with van der Waals surface area (Å²) in [5, 5.41) is 10.7. The number of aryl methyl sites for hydroxylation is 1. The van der Waals surface area contributed by atoms with Crippen LogP contribution in [0.5, 0.6) is 0 Å². The third-order valence-corrected chi connectivity index (χ3v) is 6.89. The number of halogens is 1. The first-order valence-corrected chi connectivity index (χ1v) is 10.7. The first-order valence-electron chi connectivity index (χ1n) is 9.19. The maximum atomic E-state index is 13.5. The topological polar surface area (TPSA) is 74.7 Å². The van der Waals surface area contributed by atoms with Crippen LogP contribution in [0, 0.1) is 12.7 Å². The largest absolute Gasteiger partial charge is 0.502 e. The summed E-state index contributed by atoms with van der Waals surface area (Å²) in [7, 11) is -4.21. The lowest BCUT2D eigenvalue weighted by Crippen LogP contribution is -2.31. The molecule has 0 spiro atoms. The molecule has 0 aromatic heterocycles. The molecule has 0 saturated heterocycles. The monoisotopic (exact) mass is 423 g/mol. The van der Waals surface area contributed by atoms with Gasteiger partial charge in [0.05, 0.1) is 4.90 Å². The van der Waals surface area contributed by atoms with Crippen LogP contribution >= 0.6 is 0 Å². The Bertz CT molecular complexity index is 1230. The van der Waals surface area contributed by atoms with Crippen molar-refractivity contribution in [1.82, 2.24) is 0 Å². The molecule has 0 fully saturated rings. The Morgan fingerprint density at radius 1 is 0.900 bits per heavy atom. The lowest BCUT2D eigenvalue weighted by molar-refractivity contribution is -0.117. The van der Waals surface area contributed by atoms with Crippen LogP contribution in [0.1, 0.15) is 17.2 Å². The standard InChI is InChI=1S/C23H18FNO4S/c1-15-7-13-19(14-8-15)30(28,29)22-20(16-9-11-17(24)12-10-16)25(23(27)21(22)26)18-5-3-2-4-6-18/h2-14,20,26H,1H3/t20-/m0/s1. The fraction of sp³-hybridized carbons (Fsp3) is 0.0870. The number of aliphatic hydroxyl groups is 1. The van der Waals surface area contributed by atoms with Crippen molar-refractivity contribution in [3.8, 4) is 0 Å². The van der Waals surface area contributed by atoms with Gasteiger partial charge in [0.1, 0.15) is 16.8 Å². The molecule has 7 heteroatoms. The predicted octanol–water partition coefficient (Wildman–Crippen LogP) is 4.47. The lowest BCUT2D eigenvalue weighted by atomic mass is 10.1. The smallest absolute Gasteiger partial charge is 0.295 e. The van der Waals surface area contributed by atoms with Gasteiger partial charge in [0.25, 0.3) is 5.91 Å². The second-order valence-electron chi connectivity index (χ2n) is 6.99. The number of anilines is 1. The zero-order chi connectivity index (χ0) is 21.5. The summed E-state index contributed by atoms with van der Waals surface area (Å²) in [4.78, 5) is 13.7. The summed E-state index contributed by atoms with van der Waals surface area (Å²) in [6.07, 6.45) is 0. The number of hydrogen-bond donors (Lipinski definition) is 1. The minimum atomic E-state index is -4.21. The van der Waals surface area contributed by atoms with Crippen LogP contribution in [0.25, 0.3) is 0 Å². The van der Waals surface area contributed by atoms with Gasteiger partial charge >= 0.3 is 0 Å². The fourth-order valence-corrected chi connectivity index (χ4v) is 5.13. The highest BCUT2D eigenvalue weighted by Crippen LogP contribution is 2.44. The summed E-state index contributed by atoms with van der Waals surface area (Å²) in [6, 6.07) is 18.7. The molecule has 1 atom stereocenters. The molecule has 0 saturated carbocycles. The van der Waals surface area contributed by atoms with Gasteiger partial charge in [-0.3, -0.25) is 9.69 Å². The molecule has 30 heavy (non-hydrogen) atoms. The van der Waals surface area contributed by atoms with E-state index in [1.54, 1.807) is 42.5 Å². The van der Waals surface area contributed by atoms with Crippen molar-refractivity contribution < 1.29 is 22.7 Å². The normalized spacial score (nSPS) is 16.9. The maximum Gasteiger partial charge on any atom is 0.295 e. The molecule has 0 aliphatic carbocycles. The average molecular weight is 423 g/mol. The molecule has 1 heterocycles. The third-order valence-electron chi connectivity index (χ3n) is 5.00. The number of aliphatic hydroxyl groups excluding tert-OH is 1. The Labute approximate surface area is 173 Å². The van der Waals surface area contributed by atoms with Crippen molar-refractivity contribution in [1.29, 1.82) is 0 Å². The van der Waals surface area contributed by atoms with Crippen LogP contribution < -0.4 is 4.90 Å². The number of nitrogens with zero attached hydrogens (tertiary/aromatic N) is 1. The van der Waals surface area contributed by atoms with Crippen molar-refractivity contribution in [2.24, 2.45) is 0 Å². The molecule has 0 bridgehead atoms. The van der Waals surface area contributed by atoms with E-state index in [1.807, 2.05) is 6.92 Å². The number of carbonyl (C=O) groups is 1. The lowest BCUT2D eigenvalue weighted by Gasteiger charge is -2.27. The van der Waals surface area contributed by atoms with Gasteiger partial charge in [0.2, 0.25) is 9.84 Å². The third kappa shape index (κ3) is 3.27. The molecule has 0 unspecified atom stereocenters. The van der Waals surface area contributed by atoms with Gasteiger partial charge in [-0.05, 0) is 48.9 Å². The first kappa shape index (κ1) is 19.8. The molecule has 1 N–H and O–H groups in total. The second kappa shape index (κ2) is 7.42. The van der Waals surface area contributed by atoms with Crippen LogP contribution in [-0.2, 0) is 14.6 Å². The number of hydrogen-bond acceptors (Lipinski definition) is 4. The zero-order valence-corrected chi connectivity index (χ0v) is 16.8. The van der Waals surface area contributed by atoms with E-state index >= 15 is 0 Å². The highest BCUT2D eigenvalue weighted by Gasteiger charge is 2.47. The van der Waals surface area contributed by atoms with Crippen molar-refractivity contribution in [2.45, 2.75) is 17.9 Å². The number of rotatable bonds is 4. The summed E-state index contributed by atoms with van der Waals surface area (Å²) in [5.74, 6) is -2.17. The SMILES string of the molecule is Cc1ccc(S(=O)(=O)C2=C(O)C(=O)N(c3ccccc3)[C@H]2c2ccc(F)cc2)cc1. The Hall–Kier alpha value is -3.45. The van der Waals surface area contributed by atoms with Gasteiger partial charge in [0.15, 0.2) is 5.76 Å². The molecular weight excluding hydrogens is 405 g/mol. The van der Waals surface area contributed by atoms with Crippen molar-refractivity contribution >= 4 is 21.4 Å². The van der Waals surface area contributed by atoms with Gasteiger partial charge in [-0.25, -0.2) is 12.8 Å². The number of amides is 1. The van der Waals surface area contributed by atoms with Gasteiger partial charge in [-0.15, -0.1) is 0 Å². The Balaban J connectivity index is 1.94. The number of sulfone groups is 1. The summed E-state index contributed by atoms with van der Waals surface area (Å²) >= 11 is 0. The average Bonchev–Trinajstić information content (AvgIpc) is 3.01. The van der Waals surface area contributed by atoms with E-state index in [0.717, 1.165) is 5.56 Å². The van der Waals surface area contributed by atoms with Crippen LogP contribution in [0.4, 0.5) is 10.1 Å². The van der Waals surface area contributed by atoms with Crippen LogP contribution in [0.3, 0.4) is 0 Å². The molecule has 0 radical (unpaired) electrons. The molecule has 4 rings (SSSR count). The number of para-hydroxylation sites is 1. The predicted molar refractivity (Wildman–Crippen MR) is 111 cm³/mol. The number of carbonyl (C=O) groups excluding carboxylic acids is 1. The first-order chi connectivity index (χ1) is 14.3. The van der Waals surface area contributed by atoms with E-state index in [2.05, 4.69) is 0 Å². The summed E-state index contributed by atoms with van der Waals surface area (Å²) < 4.78 is 40.4. The van der Waals surface area contributed by atoms with Crippen molar-refractivity contribution in [3.63, 3.8) is 0 Å². The molecule has 1 aliphatic heterocycles. The molecule has 1 aliphatic rings. The van der Waals surface area contributed by atoms with E-state index in [-0.39, 0.29) is 4.90 Å². The van der Waals surface area contributed by atoms with Gasteiger partial charge in [0, 0.05) is 5.69 Å². The van der Waals surface area contributed by atoms with Gasteiger partial charge in [-0.1, -0.05) is 48.0 Å². The minimum Gasteiger partial charge on any atom is -0.502 e. The quantitative estimate of drug-likeness (QED) is 0.672. The van der Waals surface area contributed by atoms with Crippen molar-refractivity contribution in [3.05, 3.63) is 106 Å². The molecule has 5 nitrogen and oxygen atoms in total. The minimum absolute atomic E-state index is 0.0375. The molecular formula is C23H18FNO4S. The van der Waals surface area contributed by atoms with Gasteiger partial charge < -0.3 is 5.11 Å². The van der Waals surface area contributed by atoms with Crippen LogP contribution in [-0.4, -0.2) is 19.4 Å². The Morgan fingerprint density at radius 3 is 2.10 bits per heavy atom. The Kier molecular flexibility index (Phi) is 4.91. The van der Waals surface area contributed by atoms with E-state index < -0.39 is 38.3 Å². The van der Waals surface area contributed by atoms with Crippen molar-refractivity contribution in [2.75, 3.05) is 4.90 Å².